The number of hydrogen-bond acceptors (Lipinski definition) is 5. The molecular weight excluding hydrogens is 392 g/mol. The Morgan fingerprint density at radius 2 is 1.53 bits per heavy atom. The average molecular weight is 415 g/mol. The minimum Gasteiger partial charge on any atom is -0.488 e. The Labute approximate surface area is 180 Å². The number of rotatable bonds is 8. The van der Waals surface area contributed by atoms with Crippen LogP contribution < -0.4 is 4.74 Å². The van der Waals surface area contributed by atoms with E-state index in [1.165, 1.54) is 5.56 Å². The molecule has 0 saturated carbocycles. The first-order valence-electron chi connectivity index (χ1n) is 9.68. The molecule has 0 N–H and O–H groups in total. The van der Waals surface area contributed by atoms with Gasteiger partial charge in [0.05, 0.1) is 6.21 Å². The average Bonchev–Trinajstić information content (AvgIpc) is 3.16. The molecular formula is C24H22N4OS. The lowest BCUT2D eigenvalue weighted by molar-refractivity contribution is 0.306. The van der Waals surface area contributed by atoms with Gasteiger partial charge in [0.1, 0.15) is 12.4 Å². The number of thioether (sulfide) groups is 1. The van der Waals surface area contributed by atoms with Crippen LogP contribution in [0.1, 0.15) is 22.5 Å². The highest BCUT2D eigenvalue weighted by molar-refractivity contribution is 7.98. The predicted molar refractivity (Wildman–Crippen MR) is 121 cm³/mol. The topological polar surface area (TPSA) is 52.3 Å². The van der Waals surface area contributed by atoms with E-state index in [2.05, 4.69) is 27.4 Å². The third-order valence-electron chi connectivity index (χ3n) is 4.45. The minimum atomic E-state index is 0.509. The molecule has 0 aliphatic carbocycles. The zero-order valence-corrected chi connectivity index (χ0v) is 17.5. The molecule has 1 aromatic heterocycles. The summed E-state index contributed by atoms with van der Waals surface area (Å²) in [7, 11) is 0. The summed E-state index contributed by atoms with van der Waals surface area (Å²) in [5.41, 5.74) is 3.26. The summed E-state index contributed by atoms with van der Waals surface area (Å²) in [5.74, 6) is 2.34. The van der Waals surface area contributed by atoms with Crippen LogP contribution in [0.15, 0.2) is 95.2 Å². The molecule has 30 heavy (non-hydrogen) atoms. The van der Waals surface area contributed by atoms with Gasteiger partial charge in [-0.3, -0.25) is 0 Å². The van der Waals surface area contributed by atoms with E-state index in [1.54, 1.807) is 22.7 Å². The van der Waals surface area contributed by atoms with Gasteiger partial charge in [-0.25, -0.2) is 0 Å². The zero-order valence-electron chi connectivity index (χ0n) is 16.7. The lowest BCUT2D eigenvalue weighted by atomic mass is 10.2. The molecule has 0 bridgehead atoms. The maximum absolute atomic E-state index is 6.02. The highest BCUT2D eigenvalue weighted by atomic mass is 32.2. The first kappa shape index (κ1) is 19.9. The Balaban J connectivity index is 1.48. The van der Waals surface area contributed by atoms with E-state index in [1.807, 2.05) is 79.7 Å². The number of para-hydroxylation sites is 1. The molecule has 0 aliphatic rings. The fourth-order valence-electron chi connectivity index (χ4n) is 2.86. The number of nitrogens with zero attached hydrogens (tertiary/aromatic N) is 4. The third kappa shape index (κ3) is 5.15. The largest absolute Gasteiger partial charge is 0.488 e. The monoisotopic (exact) mass is 414 g/mol. The van der Waals surface area contributed by atoms with E-state index in [4.69, 9.17) is 4.74 Å². The van der Waals surface area contributed by atoms with Crippen LogP contribution in [-0.2, 0) is 12.4 Å². The number of hydrogen-bond donors (Lipinski definition) is 0. The molecule has 0 atom stereocenters. The van der Waals surface area contributed by atoms with E-state index < -0.39 is 0 Å². The molecule has 4 rings (SSSR count). The third-order valence-corrected chi connectivity index (χ3v) is 5.44. The van der Waals surface area contributed by atoms with Crippen molar-refractivity contribution in [2.75, 3.05) is 0 Å². The van der Waals surface area contributed by atoms with Crippen LogP contribution in [0.25, 0.3) is 0 Å². The van der Waals surface area contributed by atoms with Gasteiger partial charge < -0.3 is 4.74 Å². The molecule has 4 aromatic rings. The standard InChI is InChI=1S/C24H22N4OS/c1-19-26-27-24(30-18-21-12-6-3-7-13-21)28(19)25-16-22-14-8-9-15-23(22)29-17-20-10-4-2-5-11-20/h2-16H,17-18H2,1H3/b25-16-. The first-order valence-corrected chi connectivity index (χ1v) is 10.7. The van der Waals surface area contributed by atoms with Crippen molar-refractivity contribution in [3.05, 3.63) is 107 Å². The van der Waals surface area contributed by atoms with Crippen molar-refractivity contribution < 1.29 is 4.74 Å². The van der Waals surface area contributed by atoms with Crippen LogP contribution in [0.5, 0.6) is 5.75 Å². The van der Waals surface area contributed by atoms with E-state index in [0.29, 0.717) is 6.61 Å². The van der Waals surface area contributed by atoms with Crippen molar-refractivity contribution in [3.63, 3.8) is 0 Å². The number of aromatic nitrogens is 3. The van der Waals surface area contributed by atoms with Crippen molar-refractivity contribution in [2.45, 2.75) is 24.4 Å². The Hall–Kier alpha value is -3.38. The van der Waals surface area contributed by atoms with Crippen LogP contribution in [0, 0.1) is 6.92 Å². The normalized spacial score (nSPS) is 11.1. The van der Waals surface area contributed by atoms with Gasteiger partial charge in [0, 0.05) is 11.3 Å². The second-order valence-electron chi connectivity index (χ2n) is 6.67. The molecule has 0 fully saturated rings. The second-order valence-corrected chi connectivity index (χ2v) is 7.62. The zero-order chi connectivity index (χ0) is 20.6. The first-order chi connectivity index (χ1) is 14.8. The predicted octanol–water partition coefficient (Wildman–Crippen LogP) is 5.34. The molecule has 150 valence electrons. The quantitative estimate of drug-likeness (QED) is 0.288. The number of benzene rings is 3. The van der Waals surface area contributed by atoms with Gasteiger partial charge in [0.25, 0.3) is 0 Å². The second kappa shape index (κ2) is 9.89. The fourth-order valence-corrected chi connectivity index (χ4v) is 3.75. The van der Waals surface area contributed by atoms with Crippen LogP contribution in [0.2, 0.25) is 0 Å². The molecule has 0 saturated heterocycles. The maximum Gasteiger partial charge on any atom is 0.212 e. The summed E-state index contributed by atoms with van der Waals surface area (Å²) in [6.45, 7) is 2.41. The molecule has 6 heteroatoms. The van der Waals surface area contributed by atoms with Crippen LogP contribution in [0.3, 0.4) is 0 Å². The molecule has 5 nitrogen and oxygen atoms in total. The fraction of sp³-hybridized carbons (Fsp3) is 0.125. The molecule has 0 unspecified atom stereocenters. The van der Waals surface area contributed by atoms with Crippen molar-refractivity contribution in [2.24, 2.45) is 5.10 Å². The molecule has 0 amide bonds. The number of ether oxygens (including phenoxy) is 1. The van der Waals surface area contributed by atoms with Crippen molar-refractivity contribution in [1.29, 1.82) is 0 Å². The van der Waals surface area contributed by atoms with Crippen LogP contribution in [0.4, 0.5) is 0 Å². The maximum atomic E-state index is 6.02. The van der Waals surface area contributed by atoms with E-state index in [0.717, 1.165) is 33.6 Å². The Kier molecular flexibility index (Phi) is 6.57. The van der Waals surface area contributed by atoms with E-state index >= 15 is 0 Å². The van der Waals surface area contributed by atoms with Crippen LogP contribution >= 0.6 is 11.8 Å². The summed E-state index contributed by atoms with van der Waals surface area (Å²) in [6, 6.07) is 28.3. The van der Waals surface area contributed by atoms with Gasteiger partial charge in [-0.15, -0.1) is 10.2 Å². The smallest absolute Gasteiger partial charge is 0.212 e. The van der Waals surface area contributed by atoms with Crippen molar-refractivity contribution >= 4 is 18.0 Å². The van der Waals surface area contributed by atoms with E-state index in [9.17, 15) is 0 Å². The molecule has 0 spiro atoms. The summed E-state index contributed by atoms with van der Waals surface area (Å²) in [4.78, 5) is 0. The van der Waals surface area contributed by atoms with Gasteiger partial charge in [0.2, 0.25) is 5.16 Å². The van der Waals surface area contributed by atoms with Gasteiger partial charge in [-0.2, -0.15) is 9.78 Å². The Bertz CT molecular complexity index is 1110. The summed E-state index contributed by atoms with van der Waals surface area (Å²) < 4.78 is 7.79. The Morgan fingerprint density at radius 1 is 0.867 bits per heavy atom. The highest BCUT2D eigenvalue weighted by Gasteiger charge is 2.09. The Morgan fingerprint density at radius 3 is 2.30 bits per heavy atom. The van der Waals surface area contributed by atoms with Gasteiger partial charge in [-0.05, 0) is 30.2 Å². The van der Waals surface area contributed by atoms with Gasteiger partial charge >= 0.3 is 0 Å². The number of aryl methyl sites for hydroxylation is 1. The van der Waals surface area contributed by atoms with Crippen molar-refractivity contribution in [1.82, 2.24) is 14.9 Å². The minimum absolute atomic E-state index is 0.509. The van der Waals surface area contributed by atoms with Crippen LogP contribution in [-0.4, -0.2) is 21.1 Å². The van der Waals surface area contributed by atoms with E-state index in [-0.39, 0.29) is 0 Å². The molecule has 0 radical (unpaired) electrons. The lowest BCUT2D eigenvalue weighted by Gasteiger charge is -2.09. The van der Waals surface area contributed by atoms with Gasteiger partial charge in [-0.1, -0.05) is 84.6 Å². The summed E-state index contributed by atoms with van der Waals surface area (Å²) in [5, 5.41) is 13.8. The molecule has 0 aliphatic heterocycles. The lowest BCUT2D eigenvalue weighted by Crippen LogP contribution is -2.00. The summed E-state index contributed by atoms with van der Waals surface area (Å²) in [6.07, 6.45) is 1.79. The molecule has 1 heterocycles. The van der Waals surface area contributed by atoms with Gasteiger partial charge in [0.15, 0.2) is 5.82 Å². The summed E-state index contributed by atoms with van der Waals surface area (Å²) >= 11 is 1.61. The highest BCUT2D eigenvalue weighted by Crippen LogP contribution is 2.22. The van der Waals surface area contributed by atoms with Crippen molar-refractivity contribution in [3.8, 4) is 5.75 Å². The SMILES string of the molecule is Cc1nnc(SCc2ccccc2)n1/N=C\c1ccccc1OCc1ccccc1. The molecule has 3 aromatic carbocycles.